The monoisotopic (exact) mass is 298 g/mol. The van der Waals surface area contributed by atoms with Gasteiger partial charge in [-0.05, 0) is 45.0 Å². The van der Waals surface area contributed by atoms with Crippen molar-refractivity contribution in [3.63, 3.8) is 0 Å². The van der Waals surface area contributed by atoms with Crippen molar-refractivity contribution in [1.29, 1.82) is 0 Å². The maximum absolute atomic E-state index is 11.6. The molecule has 0 unspecified atom stereocenters. The van der Waals surface area contributed by atoms with Gasteiger partial charge < -0.3 is 9.30 Å². The molecule has 0 N–H and O–H groups in total. The lowest BCUT2D eigenvalue weighted by atomic mass is 10.2. The molecular weight excluding hydrogens is 280 g/mol. The van der Waals surface area contributed by atoms with Crippen LogP contribution in [-0.2, 0) is 4.74 Å². The number of aromatic nitrogens is 4. The van der Waals surface area contributed by atoms with Crippen molar-refractivity contribution in [3.05, 3.63) is 42.4 Å². The minimum absolute atomic E-state index is 0.210. The average Bonchev–Trinajstić information content (AvgIpc) is 3.13. The Morgan fingerprint density at radius 3 is 2.86 bits per heavy atom. The molecule has 0 radical (unpaired) electrons. The number of carbonyl (C=O) groups excluding carboxylic acids is 1. The Morgan fingerprint density at radius 1 is 1.32 bits per heavy atom. The summed E-state index contributed by atoms with van der Waals surface area (Å²) in [5.74, 6) is -0.458. The molecule has 6 nitrogen and oxygen atoms in total. The molecule has 2 heterocycles. The van der Waals surface area contributed by atoms with E-state index >= 15 is 0 Å². The maximum atomic E-state index is 11.6. The largest absolute Gasteiger partial charge is 0.461 e. The second-order valence-electron chi connectivity index (χ2n) is 5.30. The highest BCUT2D eigenvalue weighted by Gasteiger charge is 2.13. The third-order valence-electron chi connectivity index (χ3n) is 3.47. The van der Waals surface area contributed by atoms with Crippen molar-refractivity contribution >= 4 is 16.9 Å². The molecule has 6 heteroatoms. The Balaban J connectivity index is 1.95. The van der Waals surface area contributed by atoms with Crippen LogP contribution in [0.25, 0.3) is 16.6 Å². The number of fused-ring (bicyclic) bond motifs is 1. The molecule has 0 saturated heterocycles. The fourth-order valence-electron chi connectivity index (χ4n) is 2.41. The Hall–Kier alpha value is -2.63. The molecule has 0 fully saturated rings. The molecule has 3 rings (SSSR count). The second-order valence-corrected chi connectivity index (χ2v) is 5.30. The molecule has 0 amide bonds. The van der Waals surface area contributed by atoms with E-state index in [0.29, 0.717) is 12.6 Å². The maximum Gasteiger partial charge on any atom is 0.360 e. The van der Waals surface area contributed by atoms with E-state index in [2.05, 4.69) is 40.9 Å². The van der Waals surface area contributed by atoms with Crippen molar-refractivity contribution in [1.82, 2.24) is 19.6 Å². The van der Waals surface area contributed by atoms with Gasteiger partial charge in [0.15, 0.2) is 5.69 Å². The van der Waals surface area contributed by atoms with Crippen LogP contribution in [0.1, 0.15) is 37.3 Å². The van der Waals surface area contributed by atoms with Crippen molar-refractivity contribution < 1.29 is 9.53 Å². The van der Waals surface area contributed by atoms with Gasteiger partial charge in [-0.15, -0.1) is 5.10 Å². The average molecular weight is 298 g/mol. The molecular formula is C16H18N4O2. The first-order valence-electron chi connectivity index (χ1n) is 7.30. The summed E-state index contributed by atoms with van der Waals surface area (Å²) in [5, 5.41) is 9.42. The highest BCUT2D eigenvalue weighted by molar-refractivity contribution is 5.87. The number of benzene rings is 1. The highest BCUT2D eigenvalue weighted by atomic mass is 16.5. The number of rotatable bonds is 4. The lowest BCUT2D eigenvalue weighted by molar-refractivity contribution is 0.0519. The summed E-state index contributed by atoms with van der Waals surface area (Å²) in [6.45, 7) is 6.37. The topological polar surface area (TPSA) is 61.9 Å². The van der Waals surface area contributed by atoms with E-state index in [1.54, 1.807) is 6.92 Å². The van der Waals surface area contributed by atoms with E-state index < -0.39 is 5.97 Å². The Bertz CT molecular complexity index is 817. The van der Waals surface area contributed by atoms with Crippen LogP contribution in [0.3, 0.4) is 0 Å². The van der Waals surface area contributed by atoms with Crippen LogP contribution in [0.5, 0.6) is 0 Å². The lowest BCUT2D eigenvalue weighted by Crippen LogP contribution is -2.06. The summed E-state index contributed by atoms with van der Waals surface area (Å²) in [7, 11) is 0. The smallest absolute Gasteiger partial charge is 0.360 e. The van der Waals surface area contributed by atoms with Crippen LogP contribution < -0.4 is 0 Å². The fraction of sp³-hybridized carbons (Fsp3) is 0.312. The number of nitrogens with zero attached hydrogens (tertiary/aromatic N) is 4. The van der Waals surface area contributed by atoms with E-state index in [1.165, 1.54) is 11.0 Å². The quantitative estimate of drug-likeness (QED) is 0.695. The standard InChI is InChI=1S/C16H18N4O2/c1-4-22-16(21)14-10-17-20(18-14)13-5-6-15-12(9-13)7-8-19(15)11(2)3/h5-11H,4H2,1-3H3. The van der Waals surface area contributed by atoms with Crippen molar-refractivity contribution in [2.45, 2.75) is 26.8 Å². The van der Waals surface area contributed by atoms with Crippen LogP contribution >= 0.6 is 0 Å². The van der Waals surface area contributed by atoms with Gasteiger partial charge in [0, 0.05) is 23.1 Å². The summed E-state index contributed by atoms with van der Waals surface area (Å²) in [5.41, 5.74) is 2.18. The second kappa shape index (κ2) is 5.63. The van der Waals surface area contributed by atoms with Crippen LogP contribution in [0.15, 0.2) is 36.7 Å². The van der Waals surface area contributed by atoms with Gasteiger partial charge in [-0.2, -0.15) is 9.90 Å². The zero-order valence-electron chi connectivity index (χ0n) is 12.9. The van der Waals surface area contributed by atoms with Crippen molar-refractivity contribution in [3.8, 4) is 5.69 Å². The Morgan fingerprint density at radius 2 is 2.14 bits per heavy atom. The number of hydrogen-bond acceptors (Lipinski definition) is 4. The first-order valence-corrected chi connectivity index (χ1v) is 7.30. The fourth-order valence-corrected chi connectivity index (χ4v) is 2.41. The van der Waals surface area contributed by atoms with E-state index in [-0.39, 0.29) is 5.69 Å². The van der Waals surface area contributed by atoms with Gasteiger partial charge in [0.2, 0.25) is 0 Å². The Kier molecular flexibility index (Phi) is 3.66. The summed E-state index contributed by atoms with van der Waals surface area (Å²) < 4.78 is 7.13. The van der Waals surface area contributed by atoms with E-state index in [4.69, 9.17) is 4.74 Å². The molecule has 0 spiro atoms. The highest BCUT2D eigenvalue weighted by Crippen LogP contribution is 2.22. The summed E-state index contributed by atoms with van der Waals surface area (Å²) in [6, 6.07) is 8.45. The molecule has 0 atom stereocenters. The summed E-state index contributed by atoms with van der Waals surface area (Å²) in [6.07, 6.45) is 3.49. The third kappa shape index (κ3) is 2.47. The van der Waals surface area contributed by atoms with Gasteiger partial charge in [-0.1, -0.05) is 0 Å². The molecule has 114 valence electrons. The zero-order chi connectivity index (χ0) is 15.7. The van der Waals surface area contributed by atoms with Crippen molar-refractivity contribution in [2.75, 3.05) is 6.61 Å². The van der Waals surface area contributed by atoms with Gasteiger partial charge in [-0.25, -0.2) is 4.79 Å². The Labute approximate surface area is 128 Å². The first-order chi connectivity index (χ1) is 10.6. The van der Waals surface area contributed by atoms with Gasteiger partial charge >= 0.3 is 5.97 Å². The number of carbonyl (C=O) groups is 1. The van der Waals surface area contributed by atoms with E-state index in [1.807, 2.05) is 18.2 Å². The lowest BCUT2D eigenvalue weighted by Gasteiger charge is -2.09. The van der Waals surface area contributed by atoms with E-state index in [9.17, 15) is 4.79 Å². The zero-order valence-corrected chi connectivity index (χ0v) is 12.9. The third-order valence-corrected chi connectivity index (χ3v) is 3.47. The minimum Gasteiger partial charge on any atom is -0.461 e. The van der Waals surface area contributed by atoms with Crippen molar-refractivity contribution in [2.24, 2.45) is 0 Å². The molecule has 2 aromatic heterocycles. The van der Waals surface area contributed by atoms with Crippen LogP contribution in [0.4, 0.5) is 0 Å². The van der Waals surface area contributed by atoms with Gasteiger partial charge in [0.25, 0.3) is 0 Å². The molecule has 1 aromatic carbocycles. The van der Waals surface area contributed by atoms with Gasteiger partial charge in [-0.3, -0.25) is 0 Å². The van der Waals surface area contributed by atoms with Gasteiger partial charge in [0.05, 0.1) is 18.5 Å². The van der Waals surface area contributed by atoms with Crippen LogP contribution in [-0.4, -0.2) is 32.1 Å². The SMILES string of the molecule is CCOC(=O)c1cnn(-c2ccc3c(ccn3C(C)C)c2)n1. The molecule has 3 aromatic rings. The van der Waals surface area contributed by atoms with Crippen LogP contribution in [0.2, 0.25) is 0 Å². The van der Waals surface area contributed by atoms with Crippen LogP contribution in [0, 0.1) is 0 Å². The molecule has 22 heavy (non-hydrogen) atoms. The predicted molar refractivity (Wildman–Crippen MR) is 83.2 cm³/mol. The first kappa shape index (κ1) is 14.3. The molecule has 0 bridgehead atoms. The summed E-state index contributed by atoms with van der Waals surface area (Å²) in [4.78, 5) is 13.1. The molecule has 0 aliphatic rings. The molecule has 0 aliphatic heterocycles. The molecule has 0 saturated carbocycles. The number of esters is 1. The number of ether oxygens (including phenoxy) is 1. The minimum atomic E-state index is -0.458. The van der Waals surface area contributed by atoms with Gasteiger partial charge in [0.1, 0.15) is 0 Å². The normalized spacial score (nSPS) is 11.3. The summed E-state index contributed by atoms with van der Waals surface area (Å²) >= 11 is 0. The molecule has 0 aliphatic carbocycles. The number of hydrogen-bond donors (Lipinski definition) is 0. The predicted octanol–water partition coefficient (Wildman–Crippen LogP) is 2.98. The van der Waals surface area contributed by atoms with E-state index in [0.717, 1.165) is 16.6 Å².